The molecule has 0 saturated carbocycles. The van der Waals surface area contributed by atoms with Crippen molar-refractivity contribution in [3.8, 4) is 0 Å². The van der Waals surface area contributed by atoms with E-state index in [9.17, 15) is 22.0 Å². The molecule has 1 aromatic rings. The molecular weight excluding hydrogens is 267 g/mol. The first-order chi connectivity index (χ1) is 8.68. The molecule has 0 bridgehead atoms. The highest BCUT2D eigenvalue weighted by molar-refractivity contribution is 5.46. The summed E-state index contributed by atoms with van der Waals surface area (Å²) in [4.78, 5) is 0. The van der Waals surface area contributed by atoms with Gasteiger partial charge in [0, 0.05) is 5.69 Å². The van der Waals surface area contributed by atoms with E-state index < -0.39 is 23.7 Å². The largest absolute Gasteiger partial charge is 0.373 e. The van der Waals surface area contributed by atoms with Crippen LogP contribution in [0.1, 0.15) is 0 Å². The van der Waals surface area contributed by atoms with Gasteiger partial charge in [-0.05, 0) is 18.2 Å². The molecule has 1 aliphatic rings. The van der Waals surface area contributed by atoms with E-state index in [0.717, 1.165) is 0 Å². The summed E-state index contributed by atoms with van der Waals surface area (Å²) in [5, 5.41) is 2.23. The van der Waals surface area contributed by atoms with Gasteiger partial charge in [-0.15, -0.1) is 0 Å². The van der Waals surface area contributed by atoms with Crippen molar-refractivity contribution in [3.63, 3.8) is 0 Å². The molecule has 1 aromatic carbocycles. The zero-order valence-electron chi connectivity index (χ0n) is 9.59. The molecule has 0 amide bonds. The van der Waals surface area contributed by atoms with Gasteiger partial charge in [-0.3, -0.25) is 5.73 Å². The summed E-state index contributed by atoms with van der Waals surface area (Å²) in [5.74, 6) is -13.5. The highest BCUT2D eigenvalue weighted by Gasteiger charge is 2.72. The maximum absolute atomic E-state index is 13.6. The fourth-order valence-electron chi connectivity index (χ4n) is 1.77. The summed E-state index contributed by atoms with van der Waals surface area (Å²) >= 11 is 0. The van der Waals surface area contributed by atoms with Crippen molar-refractivity contribution in [2.45, 2.75) is 23.7 Å². The lowest BCUT2D eigenvalue weighted by molar-refractivity contribution is -0.264. The summed E-state index contributed by atoms with van der Waals surface area (Å²) in [5.41, 5.74) is 4.79. The summed E-state index contributed by atoms with van der Waals surface area (Å²) in [6.45, 7) is 0. The van der Waals surface area contributed by atoms with E-state index >= 15 is 0 Å². The van der Waals surface area contributed by atoms with E-state index in [1.807, 2.05) is 0 Å². The third kappa shape index (κ3) is 2.07. The Balaban J connectivity index is 2.33. The number of hydrogen-bond acceptors (Lipinski definition) is 2. The Hall–Kier alpha value is -1.63. The number of benzene rings is 1. The van der Waals surface area contributed by atoms with Crippen molar-refractivity contribution in [3.05, 3.63) is 42.5 Å². The lowest BCUT2D eigenvalue weighted by atomic mass is 9.88. The SMILES string of the molecule is NC1(F)C=CC(Nc2ccccc2)C(F)(F)C1(F)F. The molecule has 2 unspecified atom stereocenters. The molecule has 104 valence electrons. The second kappa shape index (κ2) is 4.19. The summed E-state index contributed by atoms with van der Waals surface area (Å²) in [7, 11) is 0. The quantitative estimate of drug-likeness (QED) is 0.496. The maximum atomic E-state index is 13.6. The van der Waals surface area contributed by atoms with Gasteiger partial charge < -0.3 is 5.32 Å². The average molecular weight is 278 g/mol. The minimum Gasteiger partial charge on any atom is -0.373 e. The van der Waals surface area contributed by atoms with Crippen molar-refractivity contribution in [1.29, 1.82) is 0 Å². The Morgan fingerprint density at radius 1 is 1.00 bits per heavy atom. The second-order valence-electron chi connectivity index (χ2n) is 4.31. The van der Waals surface area contributed by atoms with Crippen LogP contribution in [0.2, 0.25) is 0 Å². The fourth-order valence-corrected chi connectivity index (χ4v) is 1.77. The van der Waals surface area contributed by atoms with Gasteiger partial charge >= 0.3 is 11.8 Å². The third-order valence-corrected chi connectivity index (χ3v) is 2.92. The van der Waals surface area contributed by atoms with E-state index in [1.54, 1.807) is 18.2 Å². The summed E-state index contributed by atoms with van der Waals surface area (Å²) < 4.78 is 67.3. The molecule has 0 saturated heterocycles. The van der Waals surface area contributed by atoms with Crippen molar-refractivity contribution in [1.82, 2.24) is 0 Å². The molecule has 19 heavy (non-hydrogen) atoms. The van der Waals surface area contributed by atoms with Crippen LogP contribution in [0.25, 0.3) is 0 Å². The summed E-state index contributed by atoms with van der Waals surface area (Å²) in [6.07, 6.45) is 0.870. The van der Waals surface area contributed by atoms with Crippen molar-refractivity contribution in [2.75, 3.05) is 5.32 Å². The van der Waals surface area contributed by atoms with Crippen LogP contribution in [-0.4, -0.2) is 23.7 Å². The number of alkyl halides is 5. The van der Waals surface area contributed by atoms with Crippen LogP contribution in [0.4, 0.5) is 27.6 Å². The Morgan fingerprint density at radius 3 is 2.16 bits per heavy atom. The monoisotopic (exact) mass is 278 g/mol. The van der Waals surface area contributed by atoms with Crippen LogP contribution in [-0.2, 0) is 0 Å². The number of nitrogens with one attached hydrogen (secondary N) is 1. The van der Waals surface area contributed by atoms with Crippen LogP contribution >= 0.6 is 0 Å². The van der Waals surface area contributed by atoms with Crippen LogP contribution in [0, 0.1) is 0 Å². The standard InChI is InChI=1S/C12H11F5N2/c13-10(18)7-6-9(11(14,15)12(10,16)17)19-8-4-2-1-3-5-8/h1-7,9,19H,18H2. The first-order valence-electron chi connectivity index (χ1n) is 5.43. The Labute approximate surface area is 106 Å². The maximum Gasteiger partial charge on any atom is 0.362 e. The highest BCUT2D eigenvalue weighted by atomic mass is 19.3. The Kier molecular flexibility index (Phi) is 3.04. The van der Waals surface area contributed by atoms with E-state index in [2.05, 4.69) is 11.1 Å². The topological polar surface area (TPSA) is 38.0 Å². The number of hydrogen-bond donors (Lipinski definition) is 2. The number of halogens is 5. The van der Waals surface area contributed by atoms with Gasteiger partial charge in [0.15, 0.2) is 0 Å². The molecule has 1 aliphatic carbocycles. The zero-order chi connectivity index (χ0) is 14.3. The first-order valence-corrected chi connectivity index (χ1v) is 5.43. The molecule has 0 spiro atoms. The van der Waals surface area contributed by atoms with E-state index in [4.69, 9.17) is 0 Å². The number of para-hydroxylation sites is 1. The van der Waals surface area contributed by atoms with Gasteiger partial charge in [0.25, 0.3) is 0 Å². The Morgan fingerprint density at radius 2 is 1.58 bits per heavy atom. The highest BCUT2D eigenvalue weighted by Crippen LogP contribution is 2.48. The van der Waals surface area contributed by atoms with E-state index in [0.29, 0.717) is 6.08 Å². The van der Waals surface area contributed by atoms with Gasteiger partial charge in [-0.1, -0.05) is 24.3 Å². The minimum atomic E-state index is -5.00. The van der Waals surface area contributed by atoms with Crippen LogP contribution < -0.4 is 11.1 Å². The minimum absolute atomic E-state index is 0.219. The lowest BCUT2D eigenvalue weighted by Crippen LogP contribution is -2.67. The normalized spacial score (nSPS) is 32.0. The number of nitrogens with two attached hydrogens (primary N) is 1. The smallest absolute Gasteiger partial charge is 0.362 e. The summed E-state index contributed by atoms with van der Waals surface area (Å²) in [6, 6.07) is 5.56. The molecule has 0 radical (unpaired) electrons. The third-order valence-electron chi connectivity index (χ3n) is 2.92. The molecular formula is C12H11F5N2. The van der Waals surface area contributed by atoms with Crippen molar-refractivity contribution in [2.24, 2.45) is 5.73 Å². The molecule has 0 aromatic heterocycles. The van der Waals surface area contributed by atoms with Crippen LogP contribution in [0.15, 0.2) is 42.5 Å². The second-order valence-corrected chi connectivity index (χ2v) is 4.31. The average Bonchev–Trinajstić information content (AvgIpc) is 2.33. The van der Waals surface area contributed by atoms with Gasteiger partial charge in [0.05, 0.1) is 0 Å². The van der Waals surface area contributed by atoms with Gasteiger partial charge in [0.1, 0.15) is 6.04 Å². The molecule has 2 nitrogen and oxygen atoms in total. The van der Waals surface area contributed by atoms with Crippen LogP contribution in [0.3, 0.4) is 0 Å². The van der Waals surface area contributed by atoms with Crippen molar-refractivity contribution >= 4 is 5.69 Å². The molecule has 0 heterocycles. The lowest BCUT2D eigenvalue weighted by Gasteiger charge is -2.40. The van der Waals surface area contributed by atoms with Crippen molar-refractivity contribution < 1.29 is 22.0 Å². The first kappa shape index (κ1) is 13.8. The molecule has 7 heteroatoms. The van der Waals surface area contributed by atoms with E-state index in [-0.39, 0.29) is 11.8 Å². The zero-order valence-corrected chi connectivity index (χ0v) is 9.59. The molecule has 0 fully saturated rings. The number of rotatable bonds is 2. The fraction of sp³-hybridized carbons (Fsp3) is 0.333. The Bertz CT molecular complexity index is 484. The number of anilines is 1. The van der Waals surface area contributed by atoms with E-state index in [1.165, 1.54) is 12.1 Å². The van der Waals surface area contributed by atoms with Gasteiger partial charge in [-0.25, -0.2) is 4.39 Å². The predicted molar refractivity (Wildman–Crippen MR) is 60.9 cm³/mol. The molecule has 0 aliphatic heterocycles. The van der Waals surface area contributed by atoms with Crippen LogP contribution in [0.5, 0.6) is 0 Å². The molecule has 2 rings (SSSR count). The molecule has 2 atom stereocenters. The predicted octanol–water partition coefficient (Wildman–Crippen LogP) is 2.93. The van der Waals surface area contributed by atoms with Gasteiger partial charge in [0.2, 0.25) is 5.79 Å². The van der Waals surface area contributed by atoms with Gasteiger partial charge in [-0.2, -0.15) is 17.6 Å². The molecule has 3 N–H and O–H groups in total.